The van der Waals surface area contributed by atoms with Crippen LogP contribution in [0.25, 0.3) is 0 Å². The Hall–Kier alpha value is -2.24. The highest BCUT2D eigenvalue weighted by molar-refractivity contribution is 5.55. The Morgan fingerprint density at radius 2 is 2.04 bits per heavy atom. The Bertz CT molecular complexity index is 760. The first-order valence-electron chi connectivity index (χ1n) is 9.05. The van der Waals surface area contributed by atoms with Crippen LogP contribution < -0.4 is 14.2 Å². The monoisotopic (exact) mass is 356 g/mol. The molecule has 2 unspecified atom stereocenters. The molecule has 1 fully saturated rings. The van der Waals surface area contributed by atoms with Gasteiger partial charge in [0.2, 0.25) is 12.5 Å². The van der Waals surface area contributed by atoms with Crippen molar-refractivity contribution in [2.24, 2.45) is 0 Å². The number of aliphatic hydroxyl groups is 1. The lowest BCUT2D eigenvalue weighted by Crippen LogP contribution is -2.37. The molecule has 1 aliphatic heterocycles. The second-order valence-corrected chi connectivity index (χ2v) is 6.97. The van der Waals surface area contributed by atoms with Gasteiger partial charge in [-0.05, 0) is 42.0 Å². The van der Waals surface area contributed by atoms with Crippen LogP contribution in [0, 0.1) is 0 Å². The number of benzene rings is 2. The summed E-state index contributed by atoms with van der Waals surface area (Å²) < 4.78 is 22.4. The molecule has 2 atom stereocenters. The lowest BCUT2D eigenvalue weighted by Gasteiger charge is -2.37. The molecule has 4 rings (SSSR count). The topological polar surface area (TPSA) is 57.2 Å². The number of rotatable bonds is 5. The molecule has 1 heterocycles. The van der Waals surface area contributed by atoms with Crippen LogP contribution in [0.5, 0.6) is 17.2 Å². The van der Waals surface area contributed by atoms with E-state index in [-0.39, 0.29) is 12.7 Å². The molecule has 5 heteroatoms. The van der Waals surface area contributed by atoms with Crippen LogP contribution in [-0.4, -0.2) is 24.8 Å². The number of methoxy groups -OCH3 is 1. The highest BCUT2D eigenvalue weighted by Crippen LogP contribution is 2.47. The molecule has 0 amide bonds. The zero-order valence-corrected chi connectivity index (χ0v) is 14.9. The number of fused-ring (bicyclic) bond motifs is 1. The van der Waals surface area contributed by atoms with Gasteiger partial charge in [0.15, 0.2) is 17.3 Å². The quantitative estimate of drug-likeness (QED) is 0.821. The Kier molecular flexibility index (Phi) is 4.74. The molecule has 0 radical (unpaired) electrons. The zero-order chi connectivity index (χ0) is 18.0. The molecule has 5 nitrogen and oxygen atoms in total. The third kappa shape index (κ3) is 3.50. The first-order chi connectivity index (χ1) is 12.7. The summed E-state index contributed by atoms with van der Waals surface area (Å²) in [4.78, 5) is 0. The molecule has 2 aliphatic rings. The predicted octanol–water partition coefficient (Wildman–Crippen LogP) is 3.99. The third-order valence-corrected chi connectivity index (χ3v) is 5.19. The van der Waals surface area contributed by atoms with Crippen LogP contribution in [-0.2, 0) is 11.3 Å². The molecule has 0 spiro atoms. The fourth-order valence-electron chi connectivity index (χ4n) is 3.81. The molecule has 0 bridgehead atoms. The van der Waals surface area contributed by atoms with Gasteiger partial charge < -0.3 is 24.1 Å². The van der Waals surface area contributed by atoms with Crippen molar-refractivity contribution in [1.82, 2.24) is 0 Å². The van der Waals surface area contributed by atoms with Crippen molar-refractivity contribution >= 4 is 0 Å². The van der Waals surface area contributed by atoms with Gasteiger partial charge in [-0.15, -0.1) is 0 Å². The van der Waals surface area contributed by atoms with E-state index in [9.17, 15) is 5.11 Å². The van der Waals surface area contributed by atoms with Gasteiger partial charge in [-0.1, -0.05) is 30.3 Å². The largest absolute Gasteiger partial charge is 0.493 e. The Balaban J connectivity index is 1.50. The second-order valence-electron chi connectivity index (χ2n) is 6.97. The summed E-state index contributed by atoms with van der Waals surface area (Å²) in [5, 5.41) is 11.0. The van der Waals surface area contributed by atoms with Gasteiger partial charge in [0.1, 0.15) is 0 Å². The zero-order valence-electron chi connectivity index (χ0n) is 14.9. The second kappa shape index (κ2) is 7.17. The molecule has 138 valence electrons. The van der Waals surface area contributed by atoms with E-state index in [2.05, 4.69) is 0 Å². The van der Waals surface area contributed by atoms with E-state index in [1.165, 1.54) is 0 Å². The lowest BCUT2D eigenvalue weighted by molar-refractivity contribution is -0.230. The highest BCUT2D eigenvalue weighted by atomic mass is 16.7. The summed E-state index contributed by atoms with van der Waals surface area (Å²) in [6.45, 7) is 0.623. The third-order valence-electron chi connectivity index (χ3n) is 5.19. The Morgan fingerprint density at radius 1 is 1.19 bits per heavy atom. The summed E-state index contributed by atoms with van der Waals surface area (Å²) in [5.41, 5.74) is 2.15. The number of hydrogen-bond donors (Lipinski definition) is 1. The standard InChI is InChI=1S/C21H24O5/c1-23-18-10-17(11-19-20(18)25-14-24-19)16-8-5-9-21(22,12-16)26-13-15-6-3-2-4-7-15/h2-4,6-7,10-11,16,22H,5,8-9,12-14H2,1H3. The fourth-order valence-corrected chi connectivity index (χ4v) is 3.81. The van der Waals surface area contributed by atoms with Crippen LogP contribution in [0.3, 0.4) is 0 Å². The van der Waals surface area contributed by atoms with Gasteiger partial charge in [0.25, 0.3) is 0 Å². The summed E-state index contributed by atoms with van der Waals surface area (Å²) in [7, 11) is 1.63. The van der Waals surface area contributed by atoms with E-state index in [0.717, 1.165) is 24.0 Å². The van der Waals surface area contributed by atoms with E-state index >= 15 is 0 Å². The summed E-state index contributed by atoms with van der Waals surface area (Å²) in [6.07, 6.45) is 3.12. The van der Waals surface area contributed by atoms with Crippen LogP contribution in [0.2, 0.25) is 0 Å². The van der Waals surface area contributed by atoms with E-state index in [0.29, 0.717) is 36.7 Å². The van der Waals surface area contributed by atoms with Crippen LogP contribution in [0.1, 0.15) is 42.7 Å². The number of ether oxygens (including phenoxy) is 4. The fraction of sp³-hybridized carbons (Fsp3) is 0.429. The van der Waals surface area contributed by atoms with Gasteiger partial charge >= 0.3 is 0 Å². The van der Waals surface area contributed by atoms with Gasteiger partial charge in [-0.25, -0.2) is 0 Å². The summed E-state index contributed by atoms with van der Waals surface area (Å²) in [6, 6.07) is 13.9. The summed E-state index contributed by atoms with van der Waals surface area (Å²) in [5.74, 6) is 1.12. The lowest BCUT2D eigenvalue weighted by atomic mass is 9.80. The first kappa shape index (κ1) is 17.2. The smallest absolute Gasteiger partial charge is 0.231 e. The molecule has 1 saturated carbocycles. The van der Waals surface area contributed by atoms with E-state index in [1.54, 1.807) is 7.11 Å². The van der Waals surface area contributed by atoms with Crippen molar-refractivity contribution in [3.63, 3.8) is 0 Å². The van der Waals surface area contributed by atoms with Gasteiger partial charge in [0.05, 0.1) is 13.7 Å². The maximum atomic E-state index is 11.0. The molecule has 1 aliphatic carbocycles. The minimum absolute atomic E-state index is 0.188. The van der Waals surface area contributed by atoms with Gasteiger partial charge in [-0.3, -0.25) is 0 Å². The normalized spacial score (nSPS) is 24.5. The van der Waals surface area contributed by atoms with Crippen molar-refractivity contribution in [3.05, 3.63) is 53.6 Å². The van der Waals surface area contributed by atoms with Crippen LogP contribution in [0.4, 0.5) is 0 Å². The van der Waals surface area contributed by atoms with Crippen molar-refractivity contribution < 1.29 is 24.1 Å². The van der Waals surface area contributed by atoms with Crippen molar-refractivity contribution in [1.29, 1.82) is 0 Å². The molecular formula is C21H24O5. The van der Waals surface area contributed by atoms with Crippen molar-refractivity contribution in [3.8, 4) is 17.2 Å². The average Bonchev–Trinajstić information content (AvgIpc) is 3.15. The van der Waals surface area contributed by atoms with Crippen molar-refractivity contribution in [2.45, 2.75) is 44.0 Å². The first-order valence-corrected chi connectivity index (χ1v) is 9.05. The molecule has 2 aromatic carbocycles. The maximum Gasteiger partial charge on any atom is 0.231 e. The minimum atomic E-state index is -1.11. The molecule has 1 N–H and O–H groups in total. The van der Waals surface area contributed by atoms with Gasteiger partial charge in [-0.2, -0.15) is 0 Å². The highest BCUT2D eigenvalue weighted by Gasteiger charge is 2.37. The molecule has 2 aromatic rings. The Morgan fingerprint density at radius 3 is 2.85 bits per heavy atom. The van der Waals surface area contributed by atoms with Crippen LogP contribution in [0.15, 0.2) is 42.5 Å². The molecular weight excluding hydrogens is 332 g/mol. The van der Waals surface area contributed by atoms with Crippen LogP contribution >= 0.6 is 0 Å². The molecule has 26 heavy (non-hydrogen) atoms. The van der Waals surface area contributed by atoms with Crippen molar-refractivity contribution in [2.75, 3.05) is 13.9 Å². The van der Waals surface area contributed by atoms with Gasteiger partial charge in [0, 0.05) is 12.8 Å². The van der Waals surface area contributed by atoms with E-state index < -0.39 is 5.79 Å². The minimum Gasteiger partial charge on any atom is -0.493 e. The maximum absolute atomic E-state index is 11.0. The molecule has 0 saturated heterocycles. The molecule has 0 aromatic heterocycles. The van der Waals surface area contributed by atoms with E-state index in [1.807, 2.05) is 42.5 Å². The number of hydrogen-bond acceptors (Lipinski definition) is 5. The van der Waals surface area contributed by atoms with E-state index in [4.69, 9.17) is 18.9 Å². The SMILES string of the molecule is COc1cc(C2CCCC(O)(OCc3ccccc3)C2)cc2c1OCO2. The predicted molar refractivity (Wildman–Crippen MR) is 96.5 cm³/mol. The average molecular weight is 356 g/mol. The Labute approximate surface area is 153 Å². The summed E-state index contributed by atoms with van der Waals surface area (Å²) >= 11 is 0.